The van der Waals surface area contributed by atoms with E-state index in [0.717, 1.165) is 25.1 Å². The van der Waals surface area contributed by atoms with E-state index in [4.69, 9.17) is 4.74 Å². The van der Waals surface area contributed by atoms with Crippen molar-refractivity contribution in [2.24, 2.45) is 0 Å². The van der Waals surface area contributed by atoms with E-state index in [1.54, 1.807) is 7.11 Å². The Morgan fingerprint density at radius 3 is 1.97 bits per heavy atom. The molecule has 0 aliphatic carbocycles. The molecule has 3 aromatic rings. The second-order valence-electron chi connectivity index (χ2n) is 7.53. The maximum Gasteiger partial charge on any atom is 0.121 e. The molecule has 0 fully saturated rings. The first-order chi connectivity index (χ1) is 13.7. The first-order valence-corrected chi connectivity index (χ1v) is 10.1. The highest BCUT2D eigenvalue weighted by Gasteiger charge is 2.14. The van der Waals surface area contributed by atoms with Gasteiger partial charge in [0.1, 0.15) is 5.75 Å². The molecule has 0 bridgehead atoms. The quantitative estimate of drug-likeness (QED) is 0.456. The monoisotopic (exact) mass is 409 g/mol. The number of rotatable bonds is 9. The Labute approximate surface area is 181 Å². The standard InChI is InChI=1S/C26H31NO.ClH/c1-20-18-22(14-15-26(20)28-3)19-21(2)27-17-16-25(23-10-6-4-7-11-23)24-12-8-5-9-13-24;/h4-15,18,21,25,27H,16-17,19H2,1-3H3;1H. The van der Waals surface area contributed by atoms with Crippen LogP contribution >= 0.6 is 12.4 Å². The molecule has 0 spiro atoms. The van der Waals surface area contributed by atoms with Crippen molar-refractivity contribution in [1.82, 2.24) is 5.32 Å². The fraction of sp³-hybridized carbons (Fsp3) is 0.308. The molecular formula is C26H32ClNO. The van der Waals surface area contributed by atoms with E-state index in [1.165, 1.54) is 22.3 Å². The smallest absolute Gasteiger partial charge is 0.121 e. The fourth-order valence-corrected chi connectivity index (χ4v) is 3.86. The Morgan fingerprint density at radius 1 is 0.862 bits per heavy atom. The Bertz CT molecular complexity index is 812. The van der Waals surface area contributed by atoms with Gasteiger partial charge in [0.05, 0.1) is 7.11 Å². The minimum absolute atomic E-state index is 0. The lowest BCUT2D eigenvalue weighted by atomic mass is 9.88. The molecule has 0 radical (unpaired) electrons. The topological polar surface area (TPSA) is 21.3 Å². The van der Waals surface area contributed by atoms with E-state index < -0.39 is 0 Å². The Morgan fingerprint density at radius 2 is 1.45 bits per heavy atom. The molecule has 1 N–H and O–H groups in total. The third-order valence-electron chi connectivity index (χ3n) is 5.33. The van der Waals surface area contributed by atoms with Gasteiger partial charge < -0.3 is 10.1 Å². The lowest BCUT2D eigenvalue weighted by Gasteiger charge is -2.20. The van der Waals surface area contributed by atoms with E-state index in [1.807, 2.05) is 0 Å². The van der Waals surface area contributed by atoms with Crippen LogP contribution in [0.2, 0.25) is 0 Å². The van der Waals surface area contributed by atoms with Crippen LogP contribution in [0.5, 0.6) is 5.75 Å². The van der Waals surface area contributed by atoms with E-state index in [9.17, 15) is 0 Å². The molecule has 1 unspecified atom stereocenters. The van der Waals surface area contributed by atoms with Crippen LogP contribution in [0.3, 0.4) is 0 Å². The van der Waals surface area contributed by atoms with Crippen LogP contribution in [0.25, 0.3) is 0 Å². The van der Waals surface area contributed by atoms with Gasteiger partial charge in [-0.1, -0.05) is 72.8 Å². The van der Waals surface area contributed by atoms with Gasteiger partial charge in [-0.3, -0.25) is 0 Å². The number of hydrogen-bond donors (Lipinski definition) is 1. The summed E-state index contributed by atoms with van der Waals surface area (Å²) in [6.45, 7) is 5.36. The van der Waals surface area contributed by atoms with Gasteiger partial charge in [-0.05, 0) is 61.6 Å². The lowest BCUT2D eigenvalue weighted by molar-refractivity contribution is 0.411. The van der Waals surface area contributed by atoms with Crippen molar-refractivity contribution in [1.29, 1.82) is 0 Å². The summed E-state index contributed by atoms with van der Waals surface area (Å²) in [6, 6.07) is 28.5. The van der Waals surface area contributed by atoms with Crippen molar-refractivity contribution in [2.45, 2.75) is 38.6 Å². The minimum Gasteiger partial charge on any atom is -0.496 e. The van der Waals surface area contributed by atoms with E-state index >= 15 is 0 Å². The molecule has 3 heteroatoms. The number of hydrogen-bond acceptors (Lipinski definition) is 2. The second kappa shape index (κ2) is 11.6. The van der Waals surface area contributed by atoms with Crippen molar-refractivity contribution < 1.29 is 4.74 Å². The van der Waals surface area contributed by atoms with Gasteiger partial charge in [0.2, 0.25) is 0 Å². The van der Waals surface area contributed by atoms with Gasteiger partial charge in [0.15, 0.2) is 0 Å². The molecule has 0 aliphatic rings. The van der Waals surface area contributed by atoms with Crippen LogP contribution in [-0.2, 0) is 6.42 Å². The summed E-state index contributed by atoms with van der Waals surface area (Å²) in [6.07, 6.45) is 2.10. The van der Waals surface area contributed by atoms with Crippen LogP contribution in [-0.4, -0.2) is 19.7 Å². The average molecular weight is 410 g/mol. The van der Waals surface area contributed by atoms with E-state index in [-0.39, 0.29) is 12.4 Å². The van der Waals surface area contributed by atoms with E-state index in [0.29, 0.717) is 12.0 Å². The minimum atomic E-state index is 0. The molecule has 154 valence electrons. The highest BCUT2D eigenvalue weighted by atomic mass is 35.5. The number of halogens is 1. The number of aryl methyl sites for hydroxylation is 1. The SMILES string of the molecule is COc1ccc(CC(C)NCCC(c2ccccc2)c2ccccc2)cc1C.Cl. The molecule has 0 aromatic heterocycles. The number of methoxy groups -OCH3 is 1. The Balaban J connectivity index is 0.00000300. The summed E-state index contributed by atoms with van der Waals surface area (Å²) >= 11 is 0. The van der Waals surface area contributed by atoms with Crippen LogP contribution in [0, 0.1) is 6.92 Å². The fourth-order valence-electron chi connectivity index (χ4n) is 3.86. The lowest BCUT2D eigenvalue weighted by Crippen LogP contribution is -2.30. The molecule has 0 heterocycles. The predicted octanol–water partition coefficient (Wildman–Crippen LogP) is 6.17. The van der Waals surface area contributed by atoms with Crippen LogP contribution in [0.1, 0.15) is 41.5 Å². The normalized spacial score (nSPS) is 11.7. The molecule has 1 atom stereocenters. The maximum atomic E-state index is 5.36. The van der Waals surface area contributed by atoms with Crippen molar-refractivity contribution in [2.75, 3.05) is 13.7 Å². The van der Waals surface area contributed by atoms with Gasteiger partial charge in [0, 0.05) is 12.0 Å². The third-order valence-corrected chi connectivity index (χ3v) is 5.33. The van der Waals surface area contributed by atoms with Crippen molar-refractivity contribution in [3.63, 3.8) is 0 Å². The van der Waals surface area contributed by atoms with Gasteiger partial charge in [-0.15, -0.1) is 12.4 Å². The van der Waals surface area contributed by atoms with Crippen molar-refractivity contribution in [3.8, 4) is 5.75 Å². The van der Waals surface area contributed by atoms with Crippen molar-refractivity contribution >= 4 is 12.4 Å². The zero-order valence-corrected chi connectivity index (χ0v) is 18.4. The van der Waals surface area contributed by atoms with Crippen LogP contribution in [0.4, 0.5) is 0 Å². The van der Waals surface area contributed by atoms with Gasteiger partial charge in [-0.2, -0.15) is 0 Å². The highest BCUT2D eigenvalue weighted by Crippen LogP contribution is 2.27. The number of benzene rings is 3. The zero-order chi connectivity index (χ0) is 19.8. The highest BCUT2D eigenvalue weighted by molar-refractivity contribution is 5.85. The van der Waals surface area contributed by atoms with Crippen LogP contribution < -0.4 is 10.1 Å². The molecule has 0 saturated carbocycles. The largest absolute Gasteiger partial charge is 0.496 e. The molecular weight excluding hydrogens is 378 g/mol. The van der Waals surface area contributed by atoms with Gasteiger partial charge in [-0.25, -0.2) is 0 Å². The molecule has 0 aliphatic heterocycles. The number of nitrogens with one attached hydrogen (secondary N) is 1. The summed E-state index contributed by atoms with van der Waals surface area (Å²) in [4.78, 5) is 0. The van der Waals surface area contributed by atoms with Gasteiger partial charge in [0.25, 0.3) is 0 Å². The van der Waals surface area contributed by atoms with Crippen LogP contribution in [0.15, 0.2) is 78.9 Å². The summed E-state index contributed by atoms with van der Waals surface area (Å²) < 4.78 is 5.36. The molecule has 3 aromatic carbocycles. The maximum absolute atomic E-state index is 5.36. The Kier molecular flexibility index (Phi) is 9.24. The van der Waals surface area contributed by atoms with Crippen molar-refractivity contribution in [3.05, 3.63) is 101 Å². The molecule has 0 saturated heterocycles. The summed E-state index contributed by atoms with van der Waals surface area (Å²) in [5.41, 5.74) is 5.31. The Hall–Kier alpha value is -2.29. The summed E-state index contributed by atoms with van der Waals surface area (Å²) in [7, 11) is 1.72. The first-order valence-electron chi connectivity index (χ1n) is 10.1. The zero-order valence-electron chi connectivity index (χ0n) is 17.6. The molecule has 2 nitrogen and oxygen atoms in total. The molecule has 0 amide bonds. The van der Waals surface area contributed by atoms with E-state index in [2.05, 4.69) is 98.0 Å². The molecule has 3 rings (SSSR count). The summed E-state index contributed by atoms with van der Waals surface area (Å²) in [5.74, 6) is 1.38. The van der Waals surface area contributed by atoms with Gasteiger partial charge >= 0.3 is 0 Å². The first kappa shape index (κ1) is 23.0. The predicted molar refractivity (Wildman–Crippen MR) is 125 cm³/mol. The molecule has 29 heavy (non-hydrogen) atoms. The third kappa shape index (κ3) is 6.62. The average Bonchev–Trinajstić information content (AvgIpc) is 2.73. The summed E-state index contributed by atoms with van der Waals surface area (Å²) in [5, 5.41) is 3.72. The number of ether oxygens (including phenoxy) is 1. The second-order valence-corrected chi connectivity index (χ2v) is 7.53.